The van der Waals surface area contributed by atoms with E-state index in [9.17, 15) is 15.0 Å². The van der Waals surface area contributed by atoms with Crippen LogP contribution in [0.4, 0.5) is 0 Å². The number of nitrogens with one attached hydrogen (secondary N) is 1. The predicted molar refractivity (Wildman–Crippen MR) is 276 cm³/mol. The summed E-state index contributed by atoms with van der Waals surface area (Å²) in [4.78, 5) is 12.5. The van der Waals surface area contributed by atoms with Gasteiger partial charge in [0.2, 0.25) is 5.91 Å². The summed E-state index contributed by atoms with van der Waals surface area (Å²) in [5.41, 5.74) is 0. The van der Waals surface area contributed by atoms with E-state index >= 15 is 0 Å². The molecule has 1 amide bonds. The Balaban J connectivity index is 3.37. The van der Waals surface area contributed by atoms with Gasteiger partial charge in [0, 0.05) is 6.42 Å². The second kappa shape index (κ2) is 54.5. The Kier molecular flexibility index (Phi) is 53.7. The van der Waals surface area contributed by atoms with E-state index in [2.05, 4.69) is 19.2 Å². The summed E-state index contributed by atoms with van der Waals surface area (Å²) in [5, 5.41) is 23.1. The molecule has 0 unspecified atom stereocenters. The van der Waals surface area contributed by atoms with Gasteiger partial charge in [-0.3, -0.25) is 4.79 Å². The van der Waals surface area contributed by atoms with Crippen molar-refractivity contribution in [2.24, 2.45) is 0 Å². The maximum absolute atomic E-state index is 12.5. The van der Waals surface area contributed by atoms with E-state index in [0.717, 1.165) is 25.7 Å². The van der Waals surface area contributed by atoms with E-state index in [0.29, 0.717) is 6.42 Å². The average molecular weight is 875 g/mol. The van der Waals surface area contributed by atoms with Gasteiger partial charge in [0.1, 0.15) is 0 Å². The molecule has 0 bridgehead atoms. The maximum Gasteiger partial charge on any atom is 0.220 e. The van der Waals surface area contributed by atoms with Crippen molar-refractivity contribution < 1.29 is 15.0 Å². The first kappa shape index (κ1) is 61.1. The Bertz CT molecular complexity index is 860. The summed E-state index contributed by atoms with van der Waals surface area (Å²) in [5.74, 6) is -0.0565. The van der Waals surface area contributed by atoms with Crippen molar-refractivity contribution in [3.8, 4) is 0 Å². The smallest absolute Gasteiger partial charge is 0.220 e. The van der Waals surface area contributed by atoms with Crippen molar-refractivity contribution in [3.63, 3.8) is 0 Å². The zero-order chi connectivity index (χ0) is 44.9. The average Bonchev–Trinajstić information content (AvgIpc) is 3.28. The molecular weight excluding hydrogens is 759 g/mol. The van der Waals surface area contributed by atoms with Crippen LogP contribution in [0.25, 0.3) is 0 Å². The fourth-order valence-corrected chi connectivity index (χ4v) is 9.36. The third kappa shape index (κ3) is 50.1. The number of amides is 1. The second-order valence-corrected chi connectivity index (χ2v) is 20.1. The third-order valence-electron chi connectivity index (χ3n) is 13.8. The van der Waals surface area contributed by atoms with Crippen molar-refractivity contribution >= 4 is 5.91 Å². The molecule has 0 aliphatic heterocycles. The van der Waals surface area contributed by atoms with E-state index in [1.807, 2.05) is 6.08 Å². The largest absolute Gasteiger partial charge is 0.394 e. The number of hydrogen-bond acceptors (Lipinski definition) is 3. The molecule has 62 heavy (non-hydrogen) atoms. The fourth-order valence-electron chi connectivity index (χ4n) is 9.36. The summed E-state index contributed by atoms with van der Waals surface area (Å²) >= 11 is 0. The van der Waals surface area contributed by atoms with E-state index in [-0.39, 0.29) is 12.5 Å². The van der Waals surface area contributed by atoms with Crippen LogP contribution in [0.15, 0.2) is 12.2 Å². The Hall–Kier alpha value is -0.870. The molecule has 3 N–H and O–H groups in total. The molecule has 0 aromatic heterocycles. The van der Waals surface area contributed by atoms with Gasteiger partial charge in [0.25, 0.3) is 0 Å². The van der Waals surface area contributed by atoms with Crippen molar-refractivity contribution in [2.45, 2.75) is 347 Å². The van der Waals surface area contributed by atoms with Crippen LogP contribution in [0.1, 0.15) is 335 Å². The minimum absolute atomic E-state index is 0.0565. The highest BCUT2D eigenvalue weighted by atomic mass is 16.3. The van der Waals surface area contributed by atoms with Crippen molar-refractivity contribution in [3.05, 3.63) is 12.2 Å². The van der Waals surface area contributed by atoms with Crippen LogP contribution in [-0.2, 0) is 4.79 Å². The lowest BCUT2D eigenvalue weighted by Crippen LogP contribution is -2.45. The van der Waals surface area contributed by atoms with Crippen LogP contribution in [0.5, 0.6) is 0 Å². The molecule has 0 heterocycles. The molecule has 0 saturated heterocycles. The second-order valence-electron chi connectivity index (χ2n) is 20.1. The lowest BCUT2D eigenvalue weighted by atomic mass is 10.0. The number of rotatable bonds is 54. The van der Waals surface area contributed by atoms with E-state index in [1.165, 1.54) is 289 Å². The molecule has 0 fully saturated rings. The quantitative estimate of drug-likeness (QED) is 0.0421. The van der Waals surface area contributed by atoms with Gasteiger partial charge in [-0.2, -0.15) is 0 Å². The van der Waals surface area contributed by atoms with Gasteiger partial charge < -0.3 is 15.5 Å². The lowest BCUT2D eigenvalue weighted by Gasteiger charge is -2.20. The number of unbranched alkanes of at least 4 members (excludes halogenated alkanes) is 47. The Morgan fingerprint density at radius 3 is 0.839 bits per heavy atom. The molecule has 0 aliphatic carbocycles. The van der Waals surface area contributed by atoms with E-state index < -0.39 is 12.1 Å². The molecule has 0 saturated carbocycles. The van der Waals surface area contributed by atoms with Gasteiger partial charge in [-0.15, -0.1) is 0 Å². The molecule has 370 valence electrons. The summed E-state index contributed by atoms with van der Waals surface area (Å²) in [7, 11) is 0. The number of aliphatic hydroxyl groups is 2. The topological polar surface area (TPSA) is 69.6 Å². The van der Waals surface area contributed by atoms with Gasteiger partial charge in [0.05, 0.1) is 18.8 Å². The van der Waals surface area contributed by atoms with Gasteiger partial charge in [-0.05, 0) is 19.3 Å². The molecule has 0 aromatic rings. The van der Waals surface area contributed by atoms with E-state index in [1.54, 1.807) is 6.08 Å². The van der Waals surface area contributed by atoms with E-state index in [4.69, 9.17) is 0 Å². The van der Waals surface area contributed by atoms with Crippen molar-refractivity contribution in [2.75, 3.05) is 6.61 Å². The molecule has 4 nitrogen and oxygen atoms in total. The summed E-state index contributed by atoms with van der Waals surface area (Å²) in [6.07, 6.45) is 71.1. The highest BCUT2D eigenvalue weighted by Gasteiger charge is 2.18. The van der Waals surface area contributed by atoms with Crippen LogP contribution >= 0.6 is 0 Å². The summed E-state index contributed by atoms with van der Waals surface area (Å²) < 4.78 is 0. The predicted octanol–water partition coefficient (Wildman–Crippen LogP) is 18.9. The number of allylic oxidation sites excluding steroid dienone is 1. The lowest BCUT2D eigenvalue weighted by molar-refractivity contribution is -0.123. The molecule has 0 spiro atoms. The normalized spacial score (nSPS) is 12.8. The first-order chi connectivity index (χ1) is 30.7. The zero-order valence-corrected chi connectivity index (χ0v) is 42.7. The highest BCUT2D eigenvalue weighted by Crippen LogP contribution is 2.18. The fraction of sp³-hybridized carbons (Fsp3) is 0.948. The number of carbonyl (C=O) groups excluding carboxylic acids is 1. The zero-order valence-electron chi connectivity index (χ0n) is 42.7. The van der Waals surface area contributed by atoms with Crippen molar-refractivity contribution in [1.82, 2.24) is 5.32 Å². The standard InChI is InChI=1S/C58H115NO3/c1-3-5-7-9-11-13-15-17-19-20-21-22-23-24-25-26-27-28-29-30-31-32-33-34-35-36-37-38-40-42-44-46-48-50-52-54-58(62)59-56(55-60)57(61)53-51-49-47-45-43-41-39-18-16-14-12-10-8-6-4-2/h51,53,56-57,60-61H,3-50,52,54-55H2,1-2H3,(H,59,62)/b53-51+/t56-,57+/m0/s1. The van der Waals surface area contributed by atoms with Crippen LogP contribution in [-0.4, -0.2) is 34.9 Å². The highest BCUT2D eigenvalue weighted by molar-refractivity contribution is 5.76. The number of hydrogen-bond donors (Lipinski definition) is 3. The van der Waals surface area contributed by atoms with Crippen LogP contribution in [0, 0.1) is 0 Å². The first-order valence-electron chi connectivity index (χ1n) is 28.9. The Morgan fingerprint density at radius 1 is 0.371 bits per heavy atom. The van der Waals surface area contributed by atoms with Crippen LogP contribution < -0.4 is 5.32 Å². The Labute approximate surface area is 390 Å². The molecular formula is C58H115NO3. The maximum atomic E-state index is 12.5. The molecule has 2 atom stereocenters. The number of carbonyl (C=O) groups is 1. The monoisotopic (exact) mass is 874 g/mol. The molecule has 4 heteroatoms. The van der Waals surface area contributed by atoms with Crippen molar-refractivity contribution in [1.29, 1.82) is 0 Å². The van der Waals surface area contributed by atoms with Gasteiger partial charge in [-0.25, -0.2) is 0 Å². The SMILES string of the molecule is CCCCCCCCCCCCCCC/C=C/[C@@H](O)[C@H](CO)NC(=O)CCCCCCCCCCCCCCCCCCCCCCCCCCCCCCCCCCCCC. The van der Waals surface area contributed by atoms with Gasteiger partial charge >= 0.3 is 0 Å². The molecule has 0 aliphatic rings. The molecule has 0 rings (SSSR count). The third-order valence-corrected chi connectivity index (χ3v) is 13.8. The molecule has 0 radical (unpaired) electrons. The van der Waals surface area contributed by atoms with Crippen LogP contribution in [0.2, 0.25) is 0 Å². The van der Waals surface area contributed by atoms with Gasteiger partial charge in [0.15, 0.2) is 0 Å². The first-order valence-corrected chi connectivity index (χ1v) is 28.9. The summed E-state index contributed by atoms with van der Waals surface area (Å²) in [6, 6.07) is -0.617. The van der Waals surface area contributed by atoms with Gasteiger partial charge in [-0.1, -0.05) is 321 Å². The Morgan fingerprint density at radius 2 is 0.597 bits per heavy atom. The minimum Gasteiger partial charge on any atom is -0.394 e. The minimum atomic E-state index is -0.834. The number of aliphatic hydroxyl groups excluding tert-OH is 2. The molecule has 0 aromatic carbocycles. The summed E-state index contributed by atoms with van der Waals surface area (Å²) in [6.45, 7) is 4.34. The van der Waals surface area contributed by atoms with Crippen LogP contribution in [0.3, 0.4) is 0 Å².